The first-order chi connectivity index (χ1) is 9.67. The van der Waals surface area contributed by atoms with Gasteiger partial charge in [0, 0.05) is 5.69 Å². The van der Waals surface area contributed by atoms with Gasteiger partial charge in [-0.05, 0) is 55.5 Å². The highest BCUT2D eigenvalue weighted by Crippen LogP contribution is 2.32. The Morgan fingerprint density at radius 3 is 2.90 bits per heavy atom. The summed E-state index contributed by atoms with van der Waals surface area (Å²) >= 11 is 0. The number of aryl methyl sites for hydroxylation is 3. The van der Waals surface area contributed by atoms with Gasteiger partial charge in [0.2, 0.25) is 5.88 Å². The number of ether oxygens (including phenoxy) is 1. The van der Waals surface area contributed by atoms with Crippen LogP contribution < -0.4 is 10.5 Å². The quantitative estimate of drug-likeness (QED) is 0.847. The Hall–Kier alpha value is -2.54. The van der Waals surface area contributed by atoms with Crippen molar-refractivity contribution >= 4 is 5.69 Å². The third-order valence-electron chi connectivity index (χ3n) is 3.51. The zero-order valence-electron chi connectivity index (χ0n) is 11.3. The van der Waals surface area contributed by atoms with Crippen molar-refractivity contribution in [2.45, 2.75) is 26.2 Å². The minimum absolute atomic E-state index is 0.351. The molecule has 0 radical (unpaired) electrons. The van der Waals surface area contributed by atoms with E-state index in [2.05, 4.69) is 11.1 Å². The fourth-order valence-electron chi connectivity index (χ4n) is 2.48. The predicted octanol–water partition coefficient (Wildman–Crippen LogP) is 3.12. The monoisotopic (exact) mass is 265 g/mol. The highest BCUT2D eigenvalue weighted by molar-refractivity contribution is 5.56. The van der Waals surface area contributed by atoms with Crippen molar-refractivity contribution in [3.05, 3.63) is 46.6 Å². The largest absolute Gasteiger partial charge is 0.436 e. The molecule has 1 aliphatic carbocycles. The van der Waals surface area contributed by atoms with Crippen molar-refractivity contribution in [2.24, 2.45) is 0 Å². The summed E-state index contributed by atoms with van der Waals surface area (Å²) in [4.78, 5) is 4.48. The Balaban J connectivity index is 2.00. The smallest absolute Gasteiger partial charge is 0.237 e. The number of nitriles is 1. The van der Waals surface area contributed by atoms with Gasteiger partial charge < -0.3 is 10.5 Å². The summed E-state index contributed by atoms with van der Waals surface area (Å²) in [6.45, 7) is 1.97. The number of nitrogens with two attached hydrogens (primary N) is 1. The van der Waals surface area contributed by atoms with Crippen LogP contribution >= 0.6 is 0 Å². The maximum absolute atomic E-state index is 9.24. The number of rotatable bonds is 2. The van der Waals surface area contributed by atoms with Crippen molar-refractivity contribution < 1.29 is 4.74 Å². The number of nitrogen functional groups attached to an aromatic ring is 1. The van der Waals surface area contributed by atoms with Crippen molar-refractivity contribution in [1.29, 1.82) is 5.26 Å². The minimum atomic E-state index is 0.351. The van der Waals surface area contributed by atoms with Crippen LogP contribution in [0.2, 0.25) is 0 Å². The molecule has 0 atom stereocenters. The van der Waals surface area contributed by atoms with E-state index in [1.165, 1.54) is 0 Å². The molecule has 2 aromatic rings. The van der Waals surface area contributed by atoms with Crippen LogP contribution in [0.1, 0.15) is 28.8 Å². The number of fused-ring (bicyclic) bond motifs is 1. The maximum Gasteiger partial charge on any atom is 0.237 e. The van der Waals surface area contributed by atoms with Gasteiger partial charge >= 0.3 is 0 Å². The molecular formula is C16H15N3O. The molecule has 20 heavy (non-hydrogen) atoms. The Bertz CT molecular complexity index is 716. The van der Waals surface area contributed by atoms with E-state index in [4.69, 9.17) is 10.5 Å². The summed E-state index contributed by atoms with van der Waals surface area (Å²) in [5.41, 5.74) is 10.2. The average molecular weight is 265 g/mol. The molecule has 2 N–H and O–H groups in total. The van der Waals surface area contributed by atoms with E-state index in [9.17, 15) is 5.26 Å². The number of benzene rings is 1. The summed E-state index contributed by atoms with van der Waals surface area (Å²) in [5.74, 6) is 0.890. The molecule has 4 heteroatoms. The summed E-state index contributed by atoms with van der Waals surface area (Å²) in [6, 6.07) is 9.60. The molecule has 1 aromatic heterocycles. The van der Waals surface area contributed by atoms with Crippen molar-refractivity contribution in [2.75, 3.05) is 5.73 Å². The highest BCUT2D eigenvalue weighted by atomic mass is 16.5. The SMILES string of the molecule is Cc1ccc(Oc2nc3c(cc2C#N)CCC3)c(N)c1. The van der Waals surface area contributed by atoms with E-state index in [1.807, 2.05) is 25.1 Å². The van der Waals surface area contributed by atoms with Crippen LogP contribution in [0, 0.1) is 18.3 Å². The zero-order chi connectivity index (χ0) is 14.1. The molecule has 0 spiro atoms. The van der Waals surface area contributed by atoms with Crippen LogP contribution in [0.5, 0.6) is 11.6 Å². The lowest BCUT2D eigenvalue weighted by molar-refractivity contribution is 0.461. The van der Waals surface area contributed by atoms with Crippen LogP contribution in [0.25, 0.3) is 0 Å². The van der Waals surface area contributed by atoms with E-state index in [1.54, 1.807) is 6.07 Å². The third kappa shape index (κ3) is 2.19. The molecule has 0 aliphatic heterocycles. The lowest BCUT2D eigenvalue weighted by Crippen LogP contribution is -1.99. The number of pyridine rings is 1. The van der Waals surface area contributed by atoms with E-state index in [-0.39, 0.29) is 0 Å². The van der Waals surface area contributed by atoms with Gasteiger partial charge in [-0.25, -0.2) is 4.98 Å². The predicted molar refractivity (Wildman–Crippen MR) is 76.6 cm³/mol. The van der Waals surface area contributed by atoms with Gasteiger partial charge in [-0.15, -0.1) is 0 Å². The molecule has 0 unspecified atom stereocenters. The van der Waals surface area contributed by atoms with Crippen LogP contribution in [-0.2, 0) is 12.8 Å². The Morgan fingerprint density at radius 2 is 2.15 bits per heavy atom. The molecule has 0 saturated heterocycles. The van der Waals surface area contributed by atoms with Crippen molar-refractivity contribution in [3.8, 4) is 17.7 Å². The lowest BCUT2D eigenvalue weighted by Gasteiger charge is -2.11. The summed E-state index contributed by atoms with van der Waals surface area (Å²) < 4.78 is 5.75. The molecule has 0 fully saturated rings. The number of hydrogen-bond acceptors (Lipinski definition) is 4. The number of anilines is 1. The second kappa shape index (κ2) is 4.86. The van der Waals surface area contributed by atoms with E-state index in [0.717, 1.165) is 36.1 Å². The number of nitrogens with zero attached hydrogens (tertiary/aromatic N) is 2. The van der Waals surface area contributed by atoms with Crippen LogP contribution in [-0.4, -0.2) is 4.98 Å². The Labute approximate surface area is 117 Å². The molecule has 100 valence electrons. The fourth-order valence-corrected chi connectivity index (χ4v) is 2.48. The molecular weight excluding hydrogens is 250 g/mol. The second-order valence-corrected chi connectivity index (χ2v) is 5.06. The van der Waals surface area contributed by atoms with Gasteiger partial charge in [-0.3, -0.25) is 0 Å². The number of aromatic nitrogens is 1. The molecule has 0 saturated carbocycles. The van der Waals surface area contributed by atoms with Gasteiger partial charge in [-0.1, -0.05) is 6.07 Å². The molecule has 1 heterocycles. The number of hydrogen-bond donors (Lipinski definition) is 1. The summed E-state index contributed by atoms with van der Waals surface area (Å²) in [5, 5.41) is 9.24. The van der Waals surface area contributed by atoms with E-state index >= 15 is 0 Å². The molecule has 0 amide bonds. The summed E-state index contributed by atoms with van der Waals surface area (Å²) in [6.07, 6.45) is 3.02. The first kappa shape index (κ1) is 12.5. The fraction of sp³-hybridized carbons (Fsp3) is 0.250. The van der Waals surface area contributed by atoms with Gasteiger partial charge in [0.25, 0.3) is 0 Å². The average Bonchev–Trinajstić information content (AvgIpc) is 2.88. The van der Waals surface area contributed by atoms with E-state index < -0.39 is 0 Å². The Kier molecular flexibility index (Phi) is 3.03. The molecule has 1 aliphatic rings. The third-order valence-corrected chi connectivity index (χ3v) is 3.51. The first-order valence-electron chi connectivity index (χ1n) is 6.64. The normalized spacial score (nSPS) is 12.8. The van der Waals surface area contributed by atoms with E-state index in [0.29, 0.717) is 22.9 Å². The lowest BCUT2D eigenvalue weighted by atomic mass is 10.1. The Morgan fingerprint density at radius 1 is 1.30 bits per heavy atom. The molecule has 4 nitrogen and oxygen atoms in total. The molecule has 0 bridgehead atoms. The van der Waals surface area contributed by atoms with Gasteiger partial charge in [-0.2, -0.15) is 5.26 Å². The molecule has 1 aromatic carbocycles. The minimum Gasteiger partial charge on any atom is -0.436 e. The standard InChI is InChI=1S/C16H15N3O/c1-10-5-6-15(13(18)7-10)20-16-12(9-17)8-11-3-2-4-14(11)19-16/h5-8H,2-4,18H2,1H3. The van der Waals surface area contributed by atoms with Crippen LogP contribution in [0.3, 0.4) is 0 Å². The van der Waals surface area contributed by atoms with Crippen LogP contribution in [0.15, 0.2) is 24.3 Å². The van der Waals surface area contributed by atoms with Crippen LogP contribution in [0.4, 0.5) is 5.69 Å². The van der Waals surface area contributed by atoms with Crippen molar-refractivity contribution in [3.63, 3.8) is 0 Å². The van der Waals surface area contributed by atoms with Crippen molar-refractivity contribution in [1.82, 2.24) is 4.98 Å². The zero-order valence-corrected chi connectivity index (χ0v) is 11.3. The van der Waals surface area contributed by atoms with Gasteiger partial charge in [0.15, 0.2) is 5.75 Å². The summed E-state index contributed by atoms with van der Waals surface area (Å²) in [7, 11) is 0. The topological polar surface area (TPSA) is 71.9 Å². The van der Waals surface area contributed by atoms with Gasteiger partial charge in [0.05, 0.1) is 5.69 Å². The molecule has 3 rings (SSSR count). The van der Waals surface area contributed by atoms with Gasteiger partial charge in [0.1, 0.15) is 11.6 Å². The first-order valence-corrected chi connectivity index (χ1v) is 6.64. The highest BCUT2D eigenvalue weighted by Gasteiger charge is 2.18. The maximum atomic E-state index is 9.24. The second-order valence-electron chi connectivity index (χ2n) is 5.06.